The third kappa shape index (κ3) is 3.38. The minimum atomic E-state index is 0.942. The molecule has 2 aromatic rings. The number of rotatable bonds is 6. The van der Waals surface area contributed by atoms with Crippen LogP contribution < -0.4 is 10.1 Å². The van der Waals surface area contributed by atoms with Crippen LogP contribution in [-0.4, -0.2) is 13.7 Å². The molecule has 3 rings (SSSR count). The van der Waals surface area contributed by atoms with Crippen molar-refractivity contribution in [3.8, 4) is 5.75 Å². The van der Waals surface area contributed by atoms with Crippen molar-refractivity contribution in [2.24, 2.45) is 5.92 Å². The zero-order valence-electron chi connectivity index (χ0n) is 12.9. The molecule has 112 valence electrons. The van der Waals surface area contributed by atoms with E-state index in [1.807, 2.05) is 0 Å². The maximum Gasteiger partial charge on any atom is 0.126 e. The molecule has 1 aliphatic rings. The van der Waals surface area contributed by atoms with Gasteiger partial charge in [0.25, 0.3) is 0 Å². The van der Waals surface area contributed by atoms with Crippen LogP contribution in [-0.2, 0) is 6.54 Å². The molecular weight excluding hydrogens is 258 g/mol. The zero-order chi connectivity index (χ0) is 14.5. The van der Waals surface area contributed by atoms with Crippen LogP contribution in [0.4, 0.5) is 0 Å². The molecule has 0 amide bonds. The summed E-state index contributed by atoms with van der Waals surface area (Å²) in [4.78, 5) is 0. The molecule has 0 spiro atoms. The minimum Gasteiger partial charge on any atom is -0.496 e. The maximum absolute atomic E-state index is 5.46. The largest absolute Gasteiger partial charge is 0.496 e. The van der Waals surface area contributed by atoms with Gasteiger partial charge in [-0.3, -0.25) is 0 Å². The fourth-order valence-electron chi connectivity index (χ4n) is 3.49. The lowest BCUT2D eigenvalue weighted by atomic mass is 10.0. The first-order valence-electron chi connectivity index (χ1n) is 8.14. The van der Waals surface area contributed by atoms with Crippen LogP contribution >= 0.6 is 0 Å². The lowest BCUT2D eigenvalue weighted by Crippen LogP contribution is -2.17. The van der Waals surface area contributed by atoms with E-state index in [9.17, 15) is 0 Å². The predicted molar refractivity (Wildman–Crippen MR) is 88.8 cm³/mol. The Hall–Kier alpha value is -1.54. The molecule has 0 heterocycles. The first kappa shape index (κ1) is 14.4. The molecule has 2 nitrogen and oxygen atoms in total. The van der Waals surface area contributed by atoms with Crippen LogP contribution in [0.3, 0.4) is 0 Å². The van der Waals surface area contributed by atoms with Gasteiger partial charge in [-0.25, -0.2) is 0 Å². The summed E-state index contributed by atoms with van der Waals surface area (Å²) in [5, 5.41) is 6.12. The molecule has 0 radical (unpaired) electrons. The van der Waals surface area contributed by atoms with Gasteiger partial charge >= 0.3 is 0 Å². The number of hydrogen-bond acceptors (Lipinski definition) is 2. The molecule has 0 bridgehead atoms. The smallest absolute Gasteiger partial charge is 0.126 e. The van der Waals surface area contributed by atoms with E-state index in [0.717, 1.165) is 24.8 Å². The Morgan fingerprint density at radius 3 is 2.57 bits per heavy atom. The average Bonchev–Trinajstić information content (AvgIpc) is 3.05. The highest BCUT2D eigenvalue weighted by Crippen LogP contribution is 2.29. The van der Waals surface area contributed by atoms with Crippen molar-refractivity contribution in [2.75, 3.05) is 13.7 Å². The molecular formula is C19H25NO. The van der Waals surface area contributed by atoms with E-state index in [4.69, 9.17) is 4.74 Å². The molecule has 0 saturated heterocycles. The number of benzene rings is 2. The summed E-state index contributed by atoms with van der Waals surface area (Å²) >= 11 is 0. The Labute approximate surface area is 127 Å². The van der Waals surface area contributed by atoms with Gasteiger partial charge in [-0.15, -0.1) is 0 Å². The molecule has 0 atom stereocenters. The Bertz CT molecular complexity index is 587. The van der Waals surface area contributed by atoms with Gasteiger partial charge in [-0.2, -0.15) is 0 Å². The van der Waals surface area contributed by atoms with Crippen LogP contribution in [0.2, 0.25) is 0 Å². The summed E-state index contributed by atoms with van der Waals surface area (Å²) in [6.45, 7) is 2.07. The van der Waals surface area contributed by atoms with E-state index in [2.05, 4.69) is 41.7 Å². The first-order valence-corrected chi connectivity index (χ1v) is 8.14. The van der Waals surface area contributed by atoms with Gasteiger partial charge in [0.1, 0.15) is 5.75 Å². The van der Waals surface area contributed by atoms with Gasteiger partial charge in [-0.05, 0) is 35.9 Å². The van der Waals surface area contributed by atoms with Gasteiger partial charge in [-0.1, -0.05) is 56.0 Å². The lowest BCUT2D eigenvalue weighted by molar-refractivity contribution is 0.419. The second kappa shape index (κ2) is 6.95. The highest BCUT2D eigenvalue weighted by atomic mass is 16.5. The van der Waals surface area contributed by atoms with Crippen molar-refractivity contribution in [2.45, 2.75) is 38.6 Å². The van der Waals surface area contributed by atoms with Gasteiger partial charge in [0.2, 0.25) is 0 Å². The second-order valence-corrected chi connectivity index (χ2v) is 6.09. The Balaban J connectivity index is 1.63. The molecule has 21 heavy (non-hydrogen) atoms. The summed E-state index contributed by atoms with van der Waals surface area (Å²) in [6.07, 6.45) is 7.08. The molecule has 2 heteroatoms. The van der Waals surface area contributed by atoms with E-state index in [1.54, 1.807) is 7.11 Å². The number of nitrogens with one attached hydrogen (secondary N) is 1. The van der Waals surface area contributed by atoms with Crippen molar-refractivity contribution in [1.82, 2.24) is 5.32 Å². The summed E-state index contributed by atoms with van der Waals surface area (Å²) in [5.41, 5.74) is 1.36. The maximum atomic E-state index is 5.46. The van der Waals surface area contributed by atoms with Crippen molar-refractivity contribution in [3.63, 3.8) is 0 Å². The fourth-order valence-corrected chi connectivity index (χ4v) is 3.49. The molecule has 0 aliphatic heterocycles. The van der Waals surface area contributed by atoms with Gasteiger partial charge in [0.15, 0.2) is 0 Å². The van der Waals surface area contributed by atoms with Crippen molar-refractivity contribution in [1.29, 1.82) is 0 Å². The van der Waals surface area contributed by atoms with E-state index in [-0.39, 0.29) is 0 Å². The third-order valence-corrected chi connectivity index (χ3v) is 4.71. The van der Waals surface area contributed by atoms with Gasteiger partial charge < -0.3 is 10.1 Å². The lowest BCUT2D eigenvalue weighted by Gasteiger charge is -2.13. The van der Waals surface area contributed by atoms with Crippen LogP contribution in [0.5, 0.6) is 5.75 Å². The minimum absolute atomic E-state index is 0.942. The van der Waals surface area contributed by atoms with E-state index < -0.39 is 0 Å². The monoisotopic (exact) mass is 283 g/mol. The molecule has 1 saturated carbocycles. The summed E-state index contributed by atoms with van der Waals surface area (Å²) in [7, 11) is 1.74. The van der Waals surface area contributed by atoms with Crippen LogP contribution in [0.15, 0.2) is 36.4 Å². The Morgan fingerprint density at radius 2 is 1.81 bits per heavy atom. The predicted octanol–water partition coefficient (Wildman–Crippen LogP) is 4.52. The number of fused-ring (bicyclic) bond motifs is 1. The quantitative estimate of drug-likeness (QED) is 0.787. The third-order valence-electron chi connectivity index (χ3n) is 4.71. The highest BCUT2D eigenvalue weighted by molar-refractivity contribution is 5.91. The number of hydrogen-bond donors (Lipinski definition) is 1. The Morgan fingerprint density at radius 1 is 1.05 bits per heavy atom. The van der Waals surface area contributed by atoms with Gasteiger partial charge in [0, 0.05) is 11.9 Å². The van der Waals surface area contributed by atoms with Crippen molar-refractivity contribution >= 4 is 10.8 Å². The normalized spacial score (nSPS) is 15.7. The standard InChI is InChI=1S/C19H25NO/c1-21-19-11-10-16(17-8-4-5-9-18(17)19)14-20-13-12-15-6-2-3-7-15/h4-5,8-11,15,20H,2-3,6-7,12-14H2,1H3. The van der Waals surface area contributed by atoms with Gasteiger partial charge in [0.05, 0.1) is 7.11 Å². The molecule has 2 aromatic carbocycles. The van der Waals surface area contributed by atoms with Crippen LogP contribution in [0.25, 0.3) is 10.8 Å². The summed E-state index contributed by atoms with van der Waals surface area (Å²) in [5.74, 6) is 1.92. The summed E-state index contributed by atoms with van der Waals surface area (Å²) in [6, 6.07) is 12.8. The first-order chi connectivity index (χ1) is 10.4. The van der Waals surface area contributed by atoms with Crippen LogP contribution in [0.1, 0.15) is 37.7 Å². The van der Waals surface area contributed by atoms with E-state index in [1.165, 1.54) is 48.4 Å². The number of methoxy groups -OCH3 is 1. The fraction of sp³-hybridized carbons (Fsp3) is 0.474. The number of ether oxygens (including phenoxy) is 1. The van der Waals surface area contributed by atoms with Crippen molar-refractivity contribution < 1.29 is 4.74 Å². The summed E-state index contributed by atoms with van der Waals surface area (Å²) < 4.78 is 5.46. The molecule has 1 N–H and O–H groups in total. The average molecular weight is 283 g/mol. The Kier molecular flexibility index (Phi) is 4.76. The molecule has 1 fully saturated rings. The molecule has 0 unspecified atom stereocenters. The topological polar surface area (TPSA) is 21.3 Å². The molecule has 0 aromatic heterocycles. The SMILES string of the molecule is COc1ccc(CNCCC2CCCC2)c2ccccc12. The highest BCUT2D eigenvalue weighted by Gasteiger charge is 2.14. The van der Waals surface area contributed by atoms with Crippen molar-refractivity contribution in [3.05, 3.63) is 42.0 Å². The van der Waals surface area contributed by atoms with E-state index in [0.29, 0.717) is 0 Å². The second-order valence-electron chi connectivity index (χ2n) is 6.09. The molecule has 1 aliphatic carbocycles. The van der Waals surface area contributed by atoms with E-state index >= 15 is 0 Å². The van der Waals surface area contributed by atoms with Crippen LogP contribution in [0, 0.1) is 5.92 Å². The zero-order valence-corrected chi connectivity index (χ0v) is 12.9.